The largest absolute Gasteiger partial charge is 0.369 e. The van der Waals surface area contributed by atoms with Crippen molar-refractivity contribution in [1.29, 1.82) is 0 Å². The molecule has 4 nitrogen and oxygen atoms in total. The van der Waals surface area contributed by atoms with Crippen molar-refractivity contribution < 1.29 is 0 Å². The molecular weight excluding hydrogens is 248 g/mol. The van der Waals surface area contributed by atoms with Gasteiger partial charge in [0.15, 0.2) is 0 Å². The van der Waals surface area contributed by atoms with Crippen LogP contribution in [0.25, 0.3) is 0 Å². The summed E-state index contributed by atoms with van der Waals surface area (Å²) in [6.07, 6.45) is 0. The highest BCUT2D eigenvalue weighted by molar-refractivity contribution is 5.37. The maximum atomic E-state index is 4.64. The summed E-state index contributed by atoms with van der Waals surface area (Å²) in [6, 6.07) is 2.64. The highest BCUT2D eigenvalue weighted by Gasteiger charge is 2.10. The smallest absolute Gasteiger partial charge is 0.133 e. The molecule has 0 amide bonds. The lowest BCUT2D eigenvalue weighted by atomic mass is 10.1. The van der Waals surface area contributed by atoms with Crippen LogP contribution in [0.15, 0.2) is 6.07 Å². The third kappa shape index (κ3) is 5.08. The molecule has 0 saturated heterocycles. The van der Waals surface area contributed by atoms with Gasteiger partial charge in [0.2, 0.25) is 0 Å². The first kappa shape index (κ1) is 16.9. The van der Waals surface area contributed by atoms with Gasteiger partial charge in [0.1, 0.15) is 11.6 Å². The van der Waals surface area contributed by atoms with Crippen LogP contribution >= 0.6 is 0 Å². The van der Waals surface area contributed by atoms with Gasteiger partial charge in [-0.05, 0) is 26.8 Å². The van der Waals surface area contributed by atoms with Gasteiger partial charge in [0, 0.05) is 36.8 Å². The van der Waals surface area contributed by atoms with Crippen LogP contribution < -0.4 is 5.32 Å². The molecule has 0 saturated carbocycles. The number of rotatable bonds is 7. The normalized spacial score (nSPS) is 11.9. The molecule has 0 fully saturated rings. The average molecular weight is 278 g/mol. The molecule has 0 aromatic carbocycles. The van der Waals surface area contributed by atoms with Crippen molar-refractivity contribution in [3.63, 3.8) is 0 Å². The van der Waals surface area contributed by atoms with Gasteiger partial charge in [-0.15, -0.1) is 0 Å². The molecule has 0 atom stereocenters. The number of aromatic nitrogens is 2. The first-order valence-corrected chi connectivity index (χ1v) is 7.64. The van der Waals surface area contributed by atoms with Crippen molar-refractivity contribution in [2.75, 3.05) is 25.5 Å². The Morgan fingerprint density at radius 3 is 2.20 bits per heavy atom. The third-order valence-electron chi connectivity index (χ3n) is 3.52. The second-order valence-corrected chi connectivity index (χ2v) is 6.35. The van der Waals surface area contributed by atoms with Crippen molar-refractivity contribution in [2.45, 2.75) is 59.4 Å². The molecule has 0 radical (unpaired) electrons. The average Bonchev–Trinajstić information content (AvgIpc) is 2.37. The van der Waals surface area contributed by atoms with Crippen molar-refractivity contribution >= 4 is 5.82 Å². The highest BCUT2D eigenvalue weighted by Crippen LogP contribution is 2.19. The van der Waals surface area contributed by atoms with E-state index in [4.69, 9.17) is 0 Å². The Kier molecular flexibility index (Phi) is 6.40. The maximum Gasteiger partial charge on any atom is 0.133 e. The van der Waals surface area contributed by atoms with Crippen LogP contribution in [0.1, 0.15) is 64.9 Å². The summed E-state index contributed by atoms with van der Waals surface area (Å²) < 4.78 is 0. The van der Waals surface area contributed by atoms with E-state index in [0.29, 0.717) is 17.9 Å². The summed E-state index contributed by atoms with van der Waals surface area (Å²) in [7, 11) is 2.14. The molecule has 1 aromatic heterocycles. The van der Waals surface area contributed by atoms with Crippen LogP contribution in [0.2, 0.25) is 0 Å². The Hall–Kier alpha value is -1.16. The Bertz CT molecular complexity index is 387. The number of nitrogens with zero attached hydrogens (tertiary/aromatic N) is 3. The molecule has 0 aliphatic carbocycles. The quantitative estimate of drug-likeness (QED) is 0.829. The number of nitrogens with one attached hydrogen (secondary N) is 1. The predicted octanol–water partition coefficient (Wildman–Crippen LogP) is 3.48. The SMILES string of the molecule is CC(C)c1cc(NCCN(C)C(C)C)nc(C(C)C)n1. The standard InChI is InChI=1S/C16H30N4/c1-11(2)14-10-15(19-16(18-14)12(3)4)17-8-9-20(7)13(5)6/h10-13H,8-9H2,1-7H3,(H,17,18,19). The van der Waals surface area contributed by atoms with Gasteiger partial charge in [-0.2, -0.15) is 0 Å². The van der Waals surface area contributed by atoms with Gasteiger partial charge in [-0.3, -0.25) is 0 Å². The lowest BCUT2D eigenvalue weighted by Crippen LogP contribution is -2.31. The van der Waals surface area contributed by atoms with Gasteiger partial charge in [0.25, 0.3) is 0 Å². The molecule has 114 valence electrons. The highest BCUT2D eigenvalue weighted by atomic mass is 15.1. The van der Waals surface area contributed by atoms with Crippen molar-refractivity contribution in [3.05, 3.63) is 17.6 Å². The molecule has 0 aliphatic rings. The molecule has 0 bridgehead atoms. The van der Waals surface area contributed by atoms with E-state index in [-0.39, 0.29) is 0 Å². The molecule has 1 rings (SSSR count). The molecule has 1 N–H and O–H groups in total. The molecule has 0 aliphatic heterocycles. The fraction of sp³-hybridized carbons (Fsp3) is 0.750. The lowest BCUT2D eigenvalue weighted by molar-refractivity contribution is 0.284. The molecular formula is C16H30N4. The van der Waals surface area contributed by atoms with E-state index < -0.39 is 0 Å². The second-order valence-electron chi connectivity index (χ2n) is 6.35. The number of hydrogen-bond donors (Lipinski definition) is 1. The Balaban J connectivity index is 2.74. The van der Waals surface area contributed by atoms with E-state index in [2.05, 4.69) is 74.8 Å². The predicted molar refractivity (Wildman–Crippen MR) is 86.5 cm³/mol. The van der Waals surface area contributed by atoms with Crippen LogP contribution in [-0.2, 0) is 0 Å². The van der Waals surface area contributed by atoms with Gasteiger partial charge >= 0.3 is 0 Å². The molecule has 1 heterocycles. The minimum atomic E-state index is 0.354. The zero-order chi connectivity index (χ0) is 15.3. The third-order valence-corrected chi connectivity index (χ3v) is 3.52. The van der Waals surface area contributed by atoms with E-state index >= 15 is 0 Å². The summed E-state index contributed by atoms with van der Waals surface area (Å²) in [5, 5.41) is 3.43. The topological polar surface area (TPSA) is 41.0 Å². The van der Waals surface area contributed by atoms with E-state index in [1.807, 2.05) is 0 Å². The van der Waals surface area contributed by atoms with E-state index in [9.17, 15) is 0 Å². The minimum Gasteiger partial charge on any atom is -0.369 e. The van der Waals surface area contributed by atoms with Crippen molar-refractivity contribution in [1.82, 2.24) is 14.9 Å². The van der Waals surface area contributed by atoms with Crippen molar-refractivity contribution in [3.8, 4) is 0 Å². The zero-order valence-corrected chi connectivity index (χ0v) is 14.1. The van der Waals surface area contributed by atoms with Crippen LogP contribution in [-0.4, -0.2) is 41.0 Å². The van der Waals surface area contributed by atoms with E-state index in [1.165, 1.54) is 0 Å². The molecule has 0 unspecified atom stereocenters. The van der Waals surface area contributed by atoms with Crippen LogP contribution in [0, 0.1) is 0 Å². The molecule has 20 heavy (non-hydrogen) atoms. The monoisotopic (exact) mass is 278 g/mol. The van der Waals surface area contributed by atoms with Crippen LogP contribution in [0.5, 0.6) is 0 Å². The van der Waals surface area contributed by atoms with E-state index in [1.54, 1.807) is 0 Å². The summed E-state index contributed by atoms with van der Waals surface area (Å²) in [5.74, 6) is 2.66. The maximum absolute atomic E-state index is 4.64. The number of anilines is 1. The van der Waals surface area contributed by atoms with Gasteiger partial charge < -0.3 is 10.2 Å². The zero-order valence-electron chi connectivity index (χ0n) is 14.1. The molecule has 1 aromatic rings. The van der Waals surface area contributed by atoms with Gasteiger partial charge in [-0.1, -0.05) is 27.7 Å². The van der Waals surface area contributed by atoms with Crippen molar-refractivity contribution in [2.24, 2.45) is 0 Å². The fourth-order valence-corrected chi connectivity index (χ4v) is 1.75. The fourth-order valence-electron chi connectivity index (χ4n) is 1.75. The first-order chi connectivity index (χ1) is 9.31. The Labute approximate surface area is 124 Å². The molecule has 0 spiro atoms. The first-order valence-electron chi connectivity index (χ1n) is 7.64. The number of hydrogen-bond acceptors (Lipinski definition) is 4. The molecule has 4 heteroatoms. The van der Waals surface area contributed by atoms with Crippen LogP contribution in [0.3, 0.4) is 0 Å². The number of likely N-dealkylation sites (N-methyl/N-ethyl adjacent to an activating group) is 1. The Morgan fingerprint density at radius 2 is 1.70 bits per heavy atom. The lowest BCUT2D eigenvalue weighted by Gasteiger charge is -2.21. The van der Waals surface area contributed by atoms with Crippen LogP contribution in [0.4, 0.5) is 5.82 Å². The second kappa shape index (κ2) is 7.58. The summed E-state index contributed by atoms with van der Waals surface area (Å²) >= 11 is 0. The van der Waals surface area contributed by atoms with Gasteiger partial charge in [0.05, 0.1) is 0 Å². The van der Waals surface area contributed by atoms with Gasteiger partial charge in [-0.25, -0.2) is 9.97 Å². The Morgan fingerprint density at radius 1 is 1.05 bits per heavy atom. The summed E-state index contributed by atoms with van der Waals surface area (Å²) in [6.45, 7) is 14.9. The summed E-state index contributed by atoms with van der Waals surface area (Å²) in [4.78, 5) is 11.6. The van der Waals surface area contributed by atoms with E-state index in [0.717, 1.165) is 30.4 Å². The minimum absolute atomic E-state index is 0.354. The summed E-state index contributed by atoms with van der Waals surface area (Å²) in [5.41, 5.74) is 1.11.